The number of aryl methyl sites for hydroxylation is 1. The molecule has 10 heteroatoms. The second-order valence-electron chi connectivity index (χ2n) is 7.47. The fraction of sp³-hybridized carbons (Fsp3) is 0.423. The Balaban J connectivity index is 0.00000222. The van der Waals surface area contributed by atoms with Gasteiger partial charge in [0.2, 0.25) is 0 Å². The summed E-state index contributed by atoms with van der Waals surface area (Å²) in [5, 5.41) is 6.33. The Morgan fingerprint density at radius 3 is 2.53 bits per heavy atom. The first-order valence-corrected chi connectivity index (χ1v) is 13.7. The summed E-state index contributed by atoms with van der Waals surface area (Å²) in [7, 11) is 4.86. The molecule has 0 radical (unpaired) electrons. The third-order valence-corrected chi connectivity index (χ3v) is 7.44. The average Bonchev–Trinajstić information content (AvgIpc) is 3.43. The maximum Gasteiger partial charge on any atom is 0.195 e. The Kier molecular flexibility index (Phi) is 13.4. The molecule has 3 aromatic rings. The molecule has 0 atom stereocenters. The van der Waals surface area contributed by atoms with Crippen LogP contribution in [0.25, 0.3) is 0 Å². The van der Waals surface area contributed by atoms with Crippen molar-refractivity contribution in [3.05, 3.63) is 63.9 Å². The Labute approximate surface area is 227 Å². The number of anilines is 2. The number of ether oxygens (including phenoxy) is 3. The number of nitrogens with one attached hydrogen (secondary N) is 1. The highest BCUT2D eigenvalue weighted by molar-refractivity contribution is 8.00. The minimum Gasteiger partial charge on any atom is -0.497 e. The zero-order valence-electron chi connectivity index (χ0n) is 21.6. The average molecular weight is 556 g/mol. The van der Waals surface area contributed by atoms with Crippen LogP contribution < -0.4 is 14.4 Å². The molecule has 0 amide bonds. The third kappa shape index (κ3) is 8.81. The van der Waals surface area contributed by atoms with Gasteiger partial charge in [-0.05, 0) is 67.1 Å². The monoisotopic (exact) mass is 555 g/mol. The van der Waals surface area contributed by atoms with Gasteiger partial charge in [-0.2, -0.15) is 0 Å². The van der Waals surface area contributed by atoms with Crippen molar-refractivity contribution in [3.63, 3.8) is 0 Å². The summed E-state index contributed by atoms with van der Waals surface area (Å²) < 4.78 is 32.7. The maximum absolute atomic E-state index is 15.1. The maximum atomic E-state index is 15.1. The smallest absolute Gasteiger partial charge is 0.195 e. The molecule has 0 aliphatic carbocycles. The molecule has 0 aliphatic heterocycles. The van der Waals surface area contributed by atoms with Gasteiger partial charge in [-0.1, -0.05) is 31.5 Å². The van der Waals surface area contributed by atoms with E-state index in [1.54, 1.807) is 33.6 Å². The normalized spacial score (nSPS) is 10.7. The van der Waals surface area contributed by atoms with Crippen molar-refractivity contribution in [2.24, 2.45) is 0 Å². The first-order chi connectivity index (χ1) is 17.4. The van der Waals surface area contributed by atoms with Crippen LogP contribution in [0.1, 0.15) is 37.8 Å². The zero-order valence-corrected chi connectivity index (χ0v) is 24.0. The van der Waals surface area contributed by atoms with Gasteiger partial charge in [-0.25, -0.2) is 9.37 Å². The van der Waals surface area contributed by atoms with Crippen LogP contribution in [0, 0.1) is 12.7 Å². The SMILES string of the molecule is CC.COc1ccc(CN(Sc2cc(Cl)c(NCCCC(OC)OC)cc2F)c2nccs2)c(C)c1. The Bertz CT molecular complexity index is 1050. The number of methoxy groups -OCH3 is 3. The molecule has 1 aromatic heterocycles. The predicted octanol–water partition coefficient (Wildman–Crippen LogP) is 7.80. The van der Waals surface area contributed by atoms with E-state index >= 15 is 4.39 Å². The summed E-state index contributed by atoms with van der Waals surface area (Å²) in [6.07, 6.45) is 3.00. The second-order valence-corrected chi connectivity index (χ2v) is 9.81. The van der Waals surface area contributed by atoms with Crippen LogP contribution in [0.5, 0.6) is 5.75 Å². The van der Waals surface area contributed by atoms with Gasteiger partial charge in [0.15, 0.2) is 11.4 Å². The highest BCUT2D eigenvalue weighted by Gasteiger charge is 2.18. The molecule has 1 heterocycles. The van der Waals surface area contributed by atoms with E-state index in [-0.39, 0.29) is 12.1 Å². The fourth-order valence-electron chi connectivity index (χ4n) is 3.28. The lowest BCUT2D eigenvalue weighted by molar-refractivity contribution is -0.106. The second kappa shape index (κ2) is 15.9. The van der Waals surface area contributed by atoms with E-state index < -0.39 is 0 Å². The number of halogens is 2. The highest BCUT2D eigenvalue weighted by Crippen LogP contribution is 2.37. The summed E-state index contributed by atoms with van der Waals surface area (Å²) in [5.41, 5.74) is 2.74. The van der Waals surface area contributed by atoms with Crippen LogP contribution in [0.15, 0.2) is 46.8 Å². The van der Waals surface area contributed by atoms with Gasteiger partial charge in [-0.15, -0.1) is 11.3 Å². The quantitative estimate of drug-likeness (QED) is 0.131. The molecule has 0 saturated heterocycles. The lowest BCUT2D eigenvalue weighted by Crippen LogP contribution is -2.15. The predicted molar refractivity (Wildman–Crippen MR) is 150 cm³/mol. The van der Waals surface area contributed by atoms with Gasteiger partial charge in [0.1, 0.15) is 11.6 Å². The largest absolute Gasteiger partial charge is 0.497 e. The van der Waals surface area contributed by atoms with Crippen LogP contribution in [0.3, 0.4) is 0 Å². The van der Waals surface area contributed by atoms with Crippen molar-refractivity contribution < 1.29 is 18.6 Å². The van der Waals surface area contributed by atoms with Gasteiger partial charge in [0, 0.05) is 32.3 Å². The van der Waals surface area contributed by atoms with E-state index in [0.717, 1.165) is 34.8 Å². The molecular weight excluding hydrogens is 521 g/mol. The first-order valence-electron chi connectivity index (χ1n) is 11.7. The number of benzene rings is 2. The van der Waals surface area contributed by atoms with Crippen molar-refractivity contribution in [2.45, 2.75) is 51.3 Å². The molecule has 0 aliphatic rings. The van der Waals surface area contributed by atoms with Gasteiger partial charge >= 0.3 is 0 Å². The lowest BCUT2D eigenvalue weighted by Gasteiger charge is -2.22. The van der Waals surface area contributed by atoms with Gasteiger partial charge < -0.3 is 19.5 Å². The Morgan fingerprint density at radius 1 is 1.17 bits per heavy atom. The van der Waals surface area contributed by atoms with E-state index in [4.69, 9.17) is 25.8 Å². The van der Waals surface area contributed by atoms with Crippen molar-refractivity contribution in [2.75, 3.05) is 37.5 Å². The molecule has 0 fully saturated rings. The number of nitrogens with zero attached hydrogens (tertiary/aromatic N) is 2. The summed E-state index contributed by atoms with van der Waals surface area (Å²) in [6.45, 7) is 7.20. The molecule has 0 saturated carbocycles. The molecule has 36 heavy (non-hydrogen) atoms. The molecule has 1 N–H and O–H groups in total. The van der Waals surface area contributed by atoms with Crippen LogP contribution >= 0.6 is 34.9 Å². The zero-order chi connectivity index (χ0) is 26.5. The van der Waals surface area contributed by atoms with Crippen molar-refractivity contribution >= 4 is 45.7 Å². The molecule has 198 valence electrons. The van der Waals surface area contributed by atoms with Crippen LogP contribution in [-0.2, 0) is 16.0 Å². The Morgan fingerprint density at radius 2 is 1.92 bits per heavy atom. The van der Waals surface area contributed by atoms with Gasteiger partial charge in [0.25, 0.3) is 0 Å². The summed E-state index contributed by atoms with van der Waals surface area (Å²) in [6, 6.07) is 9.02. The molecule has 6 nitrogen and oxygen atoms in total. The van der Waals surface area contributed by atoms with Crippen molar-refractivity contribution in [1.29, 1.82) is 0 Å². The minimum atomic E-state index is -0.350. The van der Waals surface area contributed by atoms with Gasteiger partial charge in [0.05, 0.1) is 29.3 Å². The first kappa shape index (κ1) is 30.2. The van der Waals surface area contributed by atoms with E-state index in [9.17, 15) is 0 Å². The molecule has 0 bridgehead atoms. The molecule has 0 spiro atoms. The lowest BCUT2D eigenvalue weighted by atomic mass is 10.1. The van der Waals surface area contributed by atoms with E-state index in [2.05, 4.69) is 10.3 Å². The molecule has 0 unspecified atom stereocenters. The summed E-state index contributed by atoms with van der Waals surface area (Å²) in [4.78, 5) is 4.86. The van der Waals surface area contributed by atoms with Gasteiger partial charge in [-0.3, -0.25) is 4.31 Å². The molecule has 3 rings (SSSR count). The van der Waals surface area contributed by atoms with E-state index in [1.807, 2.05) is 48.7 Å². The van der Waals surface area contributed by atoms with E-state index in [0.29, 0.717) is 28.7 Å². The fourth-order valence-corrected chi connectivity index (χ4v) is 5.25. The van der Waals surface area contributed by atoms with Crippen molar-refractivity contribution in [1.82, 2.24) is 4.98 Å². The van der Waals surface area contributed by atoms with Crippen LogP contribution in [0.2, 0.25) is 5.02 Å². The molecular formula is C26H35ClFN3O3S2. The van der Waals surface area contributed by atoms with Crippen molar-refractivity contribution in [3.8, 4) is 5.75 Å². The van der Waals surface area contributed by atoms with E-state index in [1.165, 1.54) is 29.4 Å². The number of aromatic nitrogens is 1. The minimum absolute atomic E-state index is 0.251. The highest BCUT2D eigenvalue weighted by atomic mass is 35.5. The number of hydrogen-bond donors (Lipinski definition) is 1. The van der Waals surface area contributed by atoms with Crippen LogP contribution in [-0.4, -0.2) is 39.1 Å². The summed E-state index contributed by atoms with van der Waals surface area (Å²) in [5.74, 6) is 0.451. The summed E-state index contributed by atoms with van der Waals surface area (Å²) >= 11 is 9.26. The molecule has 2 aromatic carbocycles. The third-order valence-electron chi connectivity index (χ3n) is 5.18. The number of rotatable bonds is 13. The standard InChI is InChI=1S/C24H29ClFN3O3S2.C2H6/c1-16-12-18(30-2)8-7-17(16)15-29(24-28-10-11-33-24)34-22-13-19(25)21(14-20(22)26)27-9-5-6-23(31-3)32-4;1-2/h7-8,10-14,23,27H,5-6,9,15H2,1-4H3;1-2H3. The van der Waals surface area contributed by atoms with Crippen LogP contribution in [0.4, 0.5) is 15.2 Å². The Hall–Kier alpha value is -2.04. The number of hydrogen-bond acceptors (Lipinski definition) is 8. The number of thiazole rings is 1. The topological polar surface area (TPSA) is 55.9 Å².